The van der Waals surface area contributed by atoms with Crippen LogP contribution in [0, 0.1) is 0 Å². The Hall–Kier alpha value is -5.02. The number of fused-ring (bicyclic) bond motifs is 6. The Morgan fingerprint density at radius 1 is 0.686 bits per heavy atom. The van der Waals surface area contributed by atoms with E-state index in [2.05, 4.69) is 0 Å². The molecule has 3 heterocycles. The average Bonchev–Trinajstić information content (AvgIpc) is 3.12. The maximum Gasteiger partial charge on any atom is 0.342 e. The fraction of sp³-hybridized carbons (Fsp3) is 0.405. The highest BCUT2D eigenvalue weighted by Crippen LogP contribution is 2.48. The standard InChI is InChI=1S/C37H36O14/c1-14-13-18-23(36(41)48-14)32(45-6)22-17(30(18)51-37-35(47-8)34(46-7)29(44-5)15(2)49-37)10-9-16-21(22)27(39)25-28(40)24-19(42-3)11-12-20(43-4)31(24)50-33(25)26(16)38/h9-12,14-15,29,34-35,37H,13H2,1-8H3. The van der Waals surface area contributed by atoms with Crippen molar-refractivity contribution in [2.24, 2.45) is 0 Å². The van der Waals surface area contributed by atoms with Crippen molar-refractivity contribution in [3.8, 4) is 23.0 Å². The van der Waals surface area contributed by atoms with Crippen molar-refractivity contribution in [3.63, 3.8) is 0 Å². The molecule has 3 aliphatic rings. The fourth-order valence-corrected chi connectivity index (χ4v) is 7.52. The van der Waals surface area contributed by atoms with Gasteiger partial charge in [0, 0.05) is 55.2 Å². The lowest BCUT2D eigenvalue weighted by Crippen LogP contribution is -2.60. The van der Waals surface area contributed by atoms with Gasteiger partial charge < -0.3 is 47.0 Å². The smallest absolute Gasteiger partial charge is 0.342 e. The number of rotatable bonds is 8. The summed E-state index contributed by atoms with van der Waals surface area (Å²) in [5.41, 5.74) is -1.16. The van der Waals surface area contributed by atoms with Gasteiger partial charge in [0.15, 0.2) is 17.1 Å². The summed E-state index contributed by atoms with van der Waals surface area (Å²) in [6.45, 7) is 3.54. The number of ketones is 2. The summed E-state index contributed by atoms with van der Waals surface area (Å²) in [6.07, 6.45) is -3.80. The first-order valence-electron chi connectivity index (χ1n) is 16.2. The molecule has 2 aliphatic heterocycles. The van der Waals surface area contributed by atoms with Crippen LogP contribution in [0.1, 0.15) is 61.8 Å². The Morgan fingerprint density at radius 3 is 2.02 bits per heavy atom. The van der Waals surface area contributed by atoms with Gasteiger partial charge in [-0.3, -0.25) is 14.4 Å². The van der Waals surface area contributed by atoms with Crippen LogP contribution in [-0.4, -0.2) is 97.0 Å². The molecule has 1 aromatic heterocycles. The molecule has 1 saturated heterocycles. The van der Waals surface area contributed by atoms with Crippen LogP contribution in [0.25, 0.3) is 21.7 Å². The van der Waals surface area contributed by atoms with Gasteiger partial charge in [-0.2, -0.15) is 0 Å². The molecule has 51 heavy (non-hydrogen) atoms. The van der Waals surface area contributed by atoms with E-state index in [1.807, 2.05) is 0 Å². The zero-order valence-electron chi connectivity index (χ0n) is 29.2. The molecule has 268 valence electrons. The lowest BCUT2D eigenvalue weighted by atomic mass is 9.81. The van der Waals surface area contributed by atoms with E-state index in [0.717, 1.165) is 0 Å². The third-order valence-corrected chi connectivity index (χ3v) is 9.78. The Kier molecular flexibility index (Phi) is 8.74. The zero-order valence-corrected chi connectivity index (χ0v) is 29.2. The van der Waals surface area contributed by atoms with Crippen LogP contribution in [0.5, 0.6) is 23.0 Å². The minimum absolute atomic E-state index is 0.00498. The van der Waals surface area contributed by atoms with E-state index >= 15 is 0 Å². The van der Waals surface area contributed by atoms with Crippen LogP contribution in [-0.2, 0) is 30.1 Å². The van der Waals surface area contributed by atoms with Crippen molar-refractivity contribution in [1.82, 2.24) is 0 Å². The predicted molar refractivity (Wildman–Crippen MR) is 179 cm³/mol. The van der Waals surface area contributed by atoms with Gasteiger partial charge in [0.1, 0.15) is 58.2 Å². The molecule has 0 spiro atoms. The number of esters is 1. The molecule has 4 aromatic rings. The third-order valence-electron chi connectivity index (χ3n) is 9.78. The second-order valence-corrected chi connectivity index (χ2v) is 12.4. The van der Waals surface area contributed by atoms with Crippen molar-refractivity contribution < 1.29 is 61.4 Å². The summed E-state index contributed by atoms with van der Waals surface area (Å²) >= 11 is 0. The van der Waals surface area contributed by atoms with Gasteiger partial charge in [-0.05, 0) is 38.1 Å². The number of carbonyl (C=O) groups is 3. The van der Waals surface area contributed by atoms with Crippen molar-refractivity contribution in [3.05, 3.63) is 68.1 Å². The normalized spacial score (nSPS) is 24.1. The molecule has 0 bridgehead atoms. The van der Waals surface area contributed by atoms with E-state index < -0.39 is 71.1 Å². The number of hydrogen-bond acceptors (Lipinski definition) is 14. The molecule has 14 heteroatoms. The predicted octanol–water partition coefficient (Wildman–Crippen LogP) is 4.02. The lowest BCUT2D eigenvalue weighted by molar-refractivity contribution is -0.282. The highest BCUT2D eigenvalue weighted by molar-refractivity contribution is 6.33. The molecule has 7 rings (SSSR count). The Morgan fingerprint density at radius 2 is 1.37 bits per heavy atom. The Labute approximate surface area is 291 Å². The first-order chi connectivity index (χ1) is 24.5. The molecule has 14 nitrogen and oxygen atoms in total. The number of carbonyl (C=O) groups excluding carboxylic acids is 3. The van der Waals surface area contributed by atoms with E-state index in [1.54, 1.807) is 27.0 Å². The van der Waals surface area contributed by atoms with Crippen molar-refractivity contribution in [1.29, 1.82) is 0 Å². The first kappa shape index (κ1) is 34.4. The van der Waals surface area contributed by atoms with Gasteiger partial charge in [0.25, 0.3) is 0 Å². The number of benzene rings is 3. The molecule has 1 fully saturated rings. The fourth-order valence-electron chi connectivity index (χ4n) is 7.52. The molecule has 3 aromatic carbocycles. The lowest BCUT2D eigenvalue weighted by Gasteiger charge is -2.44. The van der Waals surface area contributed by atoms with E-state index in [4.69, 9.17) is 47.0 Å². The molecule has 0 saturated carbocycles. The number of ether oxygens (including phenoxy) is 9. The van der Waals surface area contributed by atoms with Crippen molar-refractivity contribution in [2.45, 2.75) is 57.1 Å². The minimum Gasteiger partial charge on any atom is -0.496 e. The second kappa shape index (κ2) is 12.9. The molecule has 6 atom stereocenters. The van der Waals surface area contributed by atoms with Gasteiger partial charge in [-0.25, -0.2) is 4.79 Å². The zero-order chi connectivity index (χ0) is 36.5. The van der Waals surface area contributed by atoms with E-state index in [-0.39, 0.29) is 62.5 Å². The summed E-state index contributed by atoms with van der Waals surface area (Å²) in [6, 6.07) is 6.07. The summed E-state index contributed by atoms with van der Waals surface area (Å²) in [5.74, 6) is -2.30. The SMILES string of the molecule is COc1ccc(OC)c2c(=O)c3c(oc12)C(=O)c1ccc2c(OC4OC(C)C(OC)C(OC)C4OC)c4c(c(OC)c2c1C3=O)C(=O)OC(C)C4. The molecule has 0 N–H and O–H groups in total. The molecule has 0 radical (unpaired) electrons. The maximum absolute atomic E-state index is 14.7. The Balaban J connectivity index is 1.52. The first-order valence-corrected chi connectivity index (χ1v) is 16.2. The topological polar surface area (TPSA) is 164 Å². The average molecular weight is 705 g/mol. The maximum atomic E-state index is 14.7. The van der Waals surface area contributed by atoms with Crippen LogP contribution in [0.4, 0.5) is 0 Å². The van der Waals surface area contributed by atoms with Gasteiger partial charge in [0.05, 0.1) is 27.4 Å². The molecule has 0 amide bonds. The van der Waals surface area contributed by atoms with Crippen LogP contribution in [0.2, 0.25) is 0 Å². The summed E-state index contributed by atoms with van der Waals surface area (Å²) < 4.78 is 58.5. The molecule has 6 unspecified atom stereocenters. The van der Waals surface area contributed by atoms with Crippen LogP contribution in [0.3, 0.4) is 0 Å². The largest absolute Gasteiger partial charge is 0.496 e. The monoisotopic (exact) mass is 704 g/mol. The number of cyclic esters (lactones) is 1. The summed E-state index contributed by atoms with van der Waals surface area (Å²) in [7, 11) is 8.63. The van der Waals surface area contributed by atoms with Gasteiger partial charge in [-0.1, -0.05) is 0 Å². The molecular formula is C37H36O14. The second-order valence-electron chi connectivity index (χ2n) is 12.4. The third kappa shape index (κ3) is 4.99. The number of methoxy groups -OCH3 is 6. The minimum atomic E-state index is -1.08. The van der Waals surface area contributed by atoms with Gasteiger partial charge >= 0.3 is 5.97 Å². The quantitative estimate of drug-likeness (QED) is 0.213. The van der Waals surface area contributed by atoms with Gasteiger partial charge in [0.2, 0.25) is 23.3 Å². The Bertz CT molecular complexity index is 2180. The number of hydrogen-bond donors (Lipinski definition) is 0. The summed E-state index contributed by atoms with van der Waals surface area (Å²) in [5, 5.41) is 0.295. The summed E-state index contributed by atoms with van der Waals surface area (Å²) in [4.78, 5) is 56.7. The van der Waals surface area contributed by atoms with Crippen LogP contribution in [0.15, 0.2) is 33.5 Å². The molecular weight excluding hydrogens is 668 g/mol. The van der Waals surface area contributed by atoms with Crippen molar-refractivity contribution >= 4 is 39.3 Å². The van der Waals surface area contributed by atoms with Crippen molar-refractivity contribution in [2.75, 3.05) is 42.7 Å². The van der Waals surface area contributed by atoms with Crippen LogP contribution < -0.4 is 24.4 Å². The van der Waals surface area contributed by atoms with Crippen LogP contribution >= 0.6 is 0 Å². The highest BCUT2D eigenvalue weighted by Gasteiger charge is 2.48. The van der Waals surface area contributed by atoms with E-state index in [9.17, 15) is 19.2 Å². The molecule has 1 aliphatic carbocycles. The highest BCUT2D eigenvalue weighted by atomic mass is 16.7. The van der Waals surface area contributed by atoms with E-state index in [0.29, 0.717) is 10.9 Å². The van der Waals surface area contributed by atoms with E-state index in [1.165, 1.54) is 53.7 Å². The van der Waals surface area contributed by atoms with Gasteiger partial charge in [-0.15, -0.1) is 0 Å².